The fourth-order valence-electron chi connectivity index (χ4n) is 2.02. The zero-order valence-electron chi connectivity index (χ0n) is 11.0. The molecule has 0 spiro atoms. The number of carbonyl (C=O) groups is 1. The number of aliphatic carboxylic acids is 1. The first-order chi connectivity index (χ1) is 9.43. The Balaban J connectivity index is 2.31. The van der Waals surface area contributed by atoms with Crippen molar-refractivity contribution in [2.75, 3.05) is 0 Å². The molecule has 0 aliphatic rings. The highest BCUT2D eigenvalue weighted by atomic mass is 19.1. The van der Waals surface area contributed by atoms with Crippen molar-refractivity contribution in [2.45, 2.75) is 18.7 Å². The number of hydrogen-bond acceptors (Lipinski definition) is 2. The lowest BCUT2D eigenvalue weighted by atomic mass is 9.90. The lowest BCUT2D eigenvalue weighted by Gasteiger charge is -2.25. The van der Waals surface area contributed by atoms with E-state index < -0.39 is 17.7 Å². The average Bonchev–Trinajstić information content (AvgIpc) is 2.47. The van der Waals surface area contributed by atoms with E-state index in [9.17, 15) is 14.3 Å². The van der Waals surface area contributed by atoms with Crippen LogP contribution in [0.3, 0.4) is 0 Å². The molecular formula is C16H15FO3. The minimum absolute atomic E-state index is 0.229. The fourth-order valence-corrected chi connectivity index (χ4v) is 2.02. The van der Waals surface area contributed by atoms with Gasteiger partial charge in [-0.2, -0.15) is 0 Å². The molecule has 4 heteroatoms. The summed E-state index contributed by atoms with van der Waals surface area (Å²) in [6.07, 6.45) is -2.37. The van der Waals surface area contributed by atoms with Gasteiger partial charge in [0, 0.05) is 0 Å². The highest BCUT2D eigenvalue weighted by Crippen LogP contribution is 2.29. The van der Waals surface area contributed by atoms with Gasteiger partial charge in [-0.25, -0.2) is 9.18 Å². The van der Waals surface area contributed by atoms with Crippen LogP contribution in [0.1, 0.15) is 12.5 Å². The predicted molar refractivity (Wildman–Crippen MR) is 74.0 cm³/mol. The third-order valence-corrected chi connectivity index (χ3v) is 3.29. The Bertz CT molecular complexity index is 591. The van der Waals surface area contributed by atoms with Crippen molar-refractivity contribution >= 4 is 5.97 Å². The lowest BCUT2D eigenvalue weighted by molar-refractivity contribution is -0.153. The van der Waals surface area contributed by atoms with Crippen LogP contribution in [0.2, 0.25) is 0 Å². The number of alkyl halides is 1. The first kappa shape index (κ1) is 14.2. The van der Waals surface area contributed by atoms with Crippen molar-refractivity contribution in [3.63, 3.8) is 0 Å². The number of hydrogen-bond donors (Lipinski definition) is 2. The molecule has 2 rings (SSSR count). The normalized spacial score (nSPS) is 15.3. The van der Waals surface area contributed by atoms with Gasteiger partial charge >= 0.3 is 5.97 Å². The molecule has 0 aliphatic carbocycles. The van der Waals surface area contributed by atoms with Gasteiger partial charge < -0.3 is 10.2 Å². The maximum absolute atomic E-state index is 13.6. The SMILES string of the molecule is CC(O)(c1ccc(-c2ccccc2)cc1)C(F)C(=O)O. The van der Waals surface area contributed by atoms with Crippen LogP contribution in [-0.4, -0.2) is 22.4 Å². The molecule has 0 bridgehead atoms. The van der Waals surface area contributed by atoms with Gasteiger partial charge in [0.25, 0.3) is 0 Å². The van der Waals surface area contributed by atoms with E-state index >= 15 is 0 Å². The number of halogens is 1. The Labute approximate surface area is 116 Å². The van der Waals surface area contributed by atoms with Crippen LogP contribution in [0.4, 0.5) is 4.39 Å². The van der Waals surface area contributed by atoms with E-state index in [0.29, 0.717) is 0 Å². The second-order valence-electron chi connectivity index (χ2n) is 4.79. The van der Waals surface area contributed by atoms with E-state index in [1.54, 1.807) is 12.1 Å². The Morgan fingerprint density at radius 3 is 2.05 bits per heavy atom. The number of aliphatic hydroxyl groups is 1. The molecule has 2 N–H and O–H groups in total. The highest BCUT2D eigenvalue weighted by Gasteiger charge is 2.39. The summed E-state index contributed by atoms with van der Waals surface area (Å²) < 4.78 is 13.6. The Morgan fingerprint density at radius 2 is 1.55 bits per heavy atom. The molecule has 0 fully saturated rings. The Kier molecular flexibility index (Phi) is 3.86. The molecule has 2 aromatic carbocycles. The number of rotatable bonds is 4. The Hall–Kier alpha value is -2.20. The summed E-state index contributed by atoms with van der Waals surface area (Å²) in [5.74, 6) is -1.68. The first-order valence-electron chi connectivity index (χ1n) is 6.18. The zero-order chi connectivity index (χ0) is 14.8. The van der Waals surface area contributed by atoms with Crippen molar-refractivity contribution in [1.29, 1.82) is 0 Å². The minimum Gasteiger partial charge on any atom is -0.479 e. The standard InChI is InChI=1S/C16H15FO3/c1-16(20,14(17)15(18)19)13-9-7-12(8-10-13)11-5-3-2-4-6-11/h2-10,14,20H,1H3,(H,18,19). The summed E-state index contributed by atoms with van der Waals surface area (Å²) in [5, 5.41) is 18.7. The molecule has 104 valence electrons. The fraction of sp³-hybridized carbons (Fsp3) is 0.188. The molecule has 3 nitrogen and oxygen atoms in total. The van der Waals surface area contributed by atoms with Crippen LogP contribution in [0.25, 0.3) is 11.1 Å². The highest BCUT2D eigenvalue weighted by molar-refractivity contribution is 5.74. The van der Waals surface area contributed by atoms with Crippen molar-refractivity contribution < 1.29 is 19.4 Å². The van der Waals surface area contributed by atoms with Gasteiger partial charge in [-0.15, -0.1) is 0 Å². The van der Waals surface area contributed by atoms with Crippen LogP contribution < -0.4 is 0 Å². The van der Waals surface area contributed by atoms with E-state index in [-0.39, 0.29) is 5.56 Å². The molecule has 0 saturated carbocycles. The molecule has 2 atom stereocenters. The molecule has 0 aromatic heterocycles. The predicted octanol–water partition coefficient (Wildman–Crippen LogP) is 2.98. The summed E-state index contributed by atoms with van der Waals surface area (Å²) in [5.41, 5.74) is 0.0813. The summed E-state index contributed by atoms with van der Waals surface area (Å²) in [6, 6.07) is 16.1. The van der Waals surface area contributed by atoms with Crippen molar-refractivity contribution in [3.05, 3.63) is 60.2 Å². The van der Waals surface area contributed by atoms with Crippen LogP contribution in [-0.2, 0) is 10.4 Å². The first-order valence-corrected chi connectivity index (χ1v) is 6.18. The lowest BCUT2D eigenvalue weighted by Crippen LogP contribution is -2.39. The maximum Gasteiger partial charge on any atom is 0.341 e. The third-order valence-electron chi connectivity index (χ3n) is 3.29. The number of benzene rings is 2. The molecular weight excluding hydrogens is 259 g/mol. The quantitative estimate of drug-likeness (QED) is 0.901. The molecule has 2 aromatic rings. The van der Waals surface area contributed by atoms with E-state index in [0.717, 1.165) is 18.1 Å². The summed E-state index contributed by atoms with van der Waals surface area (Å²) >= 11 is 0. The topological polar surface area (TPSA) is 57.5 Å². The minimum atomic E-state index is -2.37. The smallest absolute Gasteiger partial charge is 0.341 e. The van der Waals surface area contributed by atoms with Gasteiger partial charge in [0.1, 0.15) is 5.60 Å². The van der Waals surface area contributed by atoms with E-state index in [1.165, 1.54) is 12.1 Å². The molecule has 20 heavy (non-hydrogen) atoms. The summed E-state index contributed by atoms with van der Waals surface area (Å²) in [6.45, 7) is 1.16. The second-order valence-corrected chi connectivity index (χ2v) is 4.79. The Morgan fingerprint density at radius 1 is 1.05 bits per heavy atom. The van der Waals surface area contributed by atoms with Crippen LogP contribution in [0.15, 0.2) is 54.6 Å². The third kappa shape index (κ3) is 2.70. The molecule has 0 amide bonds. The molecule has 0 saturated heterocycles. The monoisotopic (exact) mass is 274 g/mol. The van der Waals surface area contributed by atoms with Gasteiger partial charge in [-0.05, 0) is 23.6 Å². The number of carboxylic acid groups (broad SMARTS) is 1. The number of carboxylic acids is 1. The van der Waals surface area contributed by atoms with Crippen LogP contribution in [0, 0.1) is 0 Å². The molecule has 0 heterocycles. The summed E-state index contributed by atoms with van der Waals surface area (Å²) in [7, 11) is 0. The molecule has 0 radical (unpaired) electrons. The van der Waals surface area contributed by atoms with Gasteiger partial charge in [-0.1, -0.05) is 54.6 Å². The van der Waals surface area contributed by atoms with Gasteiger partial charge in [0.15, 0.2) is 0 Å². The maximum atomic E-state index is 13.6. The van der Waals surface area contributed by atoms with Gasteiger partial charge in [0.05, 0.1) is 0 Å². The van der Waals surface area contributed by atoms with Gasteiger partial charge in [-0.3, -0.25) is 0 Å². The average molecular weight is 274 g/mol. The second kappa shape index (κ2) is 5.43. The van der Waals surface area contributed by atoms with Crippen molar-refractivity contribution in [1.82, 2.24) is 0 Å². The summed E-state index contributed by atoms with van der Waals surface area (Å²) in [4.78, 5) is 10.7. The van der Waals surface area contributed by atoms with Crippen LogP contribution >= 0.6 is 0 Å². The van der Waals surface area contributed by atoms with E-state index in [2.05, 4.69) is 0 Å². The van der Waals surface area contributed by atoms with E-state index in [1.807, 2.05) is 30.3 Å². The largest absolute Gasteiger partial charge is 0.479 e. The molecule has 2 unspecified atom stereocenters. The van der Waals surface area contributed by atoms with Crippen molar-refractivity contribution in [2.24, 2.45) is 0 Å². The van der Waals surface area contributed by atoms with Gasteiger partial charge in [0.2, 0.25) is 6.17 Å². The van der Waals surface area contributed by atoms with Crippen LogP contribution in [0.5, 0.6) is 0 Å². The van der Waals surface area contributed by atoms with E-state index in [4.69, 9.17) is 5.11 Å². The van der Waals surface area contributed by atoms with Crippen molar-refractivity contribution in [3.8, 4) is 11.1 Å². The zero-order valence-corrected chi connectivity index (χ0v) is 11.0. The molecule has 0 aliphatic heterocycles.